The lowest BCUT2D eigenvalue weighted by Crippen LogP contribution is -2.27. The van der Waals surface area contributed by atoms with E-state index in [1.165, 1.54) is 11.1 Å². The summed E-state index contributed by atoms with van der Waals surface area (Å²) in [5.74, 6) is 0.746. The molecule has 1 aromatic heterocycles. The first kappa shape index (κ1) is 18.0. The Kier molecular flexibility index (Phi) is 5.96. The summed E-state index contributed by atoms with van der Waals surface area (Å²) in [5.41, 5.74) is 4.92. The van der Waals surface area contributed by atoms with Gasteiger partial charge in [0.25, 0.3) is 5.91 Å². The lowest BCUT2D eigenvalue weighted by atomic mass is 9.98. The van der Waals surface area contributed by atoms with Crippen LogP contribution in [0.15, 0.2) is 36.7 Å². The monoisotopic (exact) mass is 325 g/mol. The van der Waals surface area contributed by atoms with E-state index in [2.05, 4.69) is 68.4 Å². The number of para-hydroxylation sites is 1. The lowest BCUT2D eigenvalue weighted by molar-refractivity contribution is 0.0948. The van der Waals surface area contributed by atoms with Crippen LogP contribution in [0.5, 0.6) is 0 Å². The summed E-state index contributed by atoms with van der Waals surface area (Å²) in [5, 5.41) is 6.36. The molecule has 2 aromatic rings. The smallest absolute Gasteiger partial charge is 0.252 e. The SMILES string of the molecule is Cc1cccc(C(C)C)c1Nc1cncc(C(=O)NCC(C)C)c1. The van der Waals surface area contributed by atoms with E-state index in [1.807, 2.05) is 6.07 Å². The molecule has 0 atom stereocenters. The van der Waals surface area contributed by atoms with E-state index in [-0.39, 0.29) is 5.91 Å². The van der Waals surface area contributed by atoms with Gasteiger partial charge in [-0.25, -0.2) is 0 Å². The Morgan fingerprint density at radius 1 is 1.17 bits per heavy atom. The van der Waals surface area contributed by atoms with Crippen molar-refractivity contribution in [3.05, 3.63) is 53.3 Å². The minimum atomic E-state index is -0.0892. The van der Waals surface area contributed by atoms with E-state index < -0.39 is 0 Å². The van der Waals surface area contributed by atoms with Crippen LogP contribution in [0.1, 0.15) is 55.1 Å². The van der Waals surface area contributed by atoms with Crippen LogP contribution in [0.2, 0.25) is 0 Å². The zero-order valence-corrected chi connectivity index (χ0v) is 15.2. The van der Waals surface area contributed by atoms with Crippen molar-refractivity contribution in [2.45, 2.75) is 40.5 Å². The molecule has 4 nitrogen and oxygen atoms in total. The van der Waals surface area contributed by atoms with E-state index in [0.717, 1.165) is 11.4 Å². The molecule has 0 radical (unpaired) electrons. The van der Waals surface area contributed by atoms with Crippen molar-refractivity contribution in [2.75, 3.05) is 11.9 Å². The first-order valence-corrected chi connectivity index (χ1v) is 8.48. The largest absolute Gasteiger partial charge is 0.354 e. The topological polar surface area (TPSA) is 54.0 Å². The van der Waals surface area contributed by atoms with Gasteiger partial charge >= 0.3 is 0 Å². The van der Waals surface area contributed by atoms with Gasteiger partial charge in [-0.3, -0.25) is 9.78 Å². The lowest BCUT2D eigenvalue weighted by Gasteiger charge is -2.17. The van der Waals surface area contributed by atoms with Crippen molar-refractivity contribution in [2.24, 2.45) is 5.92 Å². The van der Waals surface area contributed by atoms with E-state index >= 15 is 0 Å². The molecule has 0 bridgehead atoms. The standard InChI is InChI=1S/C20H27N3O/c1-13(2)10-22-20(24)16-9-17(12-21-11-16)23-19-15(5)7-6-8-18(19)14(3)4/h6-9,11-14,23H,10H2,1-5H3,(H,22,24). The number of carbonyl (C=O) groups excluding carboxylic acids is 1. The molecule has 0 unspecified atom stereocenters. The number of amides is 1. The van der Waals surface area contributed by atoms with Gasteiger partial charge in [0.1, 0.15) is 0 Å². The van der Waals surface area contributed by atoms with Crippen LogP contribution in [-0.2, 0) is 0 Å². The summed E-state index contributed by atoms with van der Waals surface area (Å²) in [7, 11) is 0. The fourth-order valence-corrected chi connectivity index (χ4v) is 2.52. The Balaban J connectivity index is 2.23. The minimum absolute atomic E-state index is 0.0892. The van der Waals surface area contributed by atoms with Crippen LogP contribution >= 0.6 is 0 Å². The summed E-state index contributed by atoms with van der Waals surface area (Å²) in [6, 6.07) is 8.14. The van der Waals surface area contributed by atoms with E-state index in [1.54, 1.807) is 12.4 Å². The molecule has 0 aliphatic rings. The number of nitrogens with zero attached hydrogens (tertiary/aromatic N) is 1. The molecule has 0 spiro atoms. The van der Waals surface area contributed by atoms with Crippen molar-refractivity contribution in [1.82, 2.24) is 10.3 Å². The molecule has 0 aliphatic carbocycles. The highest BCUT2D eigenvalue weighted by molar-refractivity contribution is 5.94. The summed E-state index contributed by atoms with van der Waals surface area (Å²) in [6.45, 7) is 11.2. The molecule has 0 saturated carbocycles. The van der Waals surface area contributed by atoms with Gasteiger partial charge in [0, 0.05) is 18.4 Å². The molecule has 2 rings (SSSR count). The fraction of sp³-hybridized carbons (Fsp3) is 0.400. The maximum atomic E-state index is 12.2. The normalized spacial score (nSPS) is 11.0. The number of rotatable bonds is 6. The molecule has 1 aromatic carbocycles. The number of anilines is 2. The van der Waals surface area contributed by atoms with Crippen molar-refractivity contribution in [3.63, 3.8) is 0 Å². The van der Waals surface area contributed by atoms with Gasteiger partial charge in [0.2, 0.25) is 0 Å². The Labute approximate surface area is 144 Å². The second-order valence-corrected chi connectivity index (χ2v) is 6.89. The Bertz CT molecular complexity index is 708. The summed E-state index contributed by atoms with van der Waals surface area (Å²) >= 11 is 0. The van der Waals surface area contributed by atoms with E-state index in [9.17, 15) is 4.79 Å². The van der Waals surface area contributed by atoms with Crippen LogP contribution in [0, 0.1) is 12.8 Å². The predicted molar refractivity (Wildman–Crippen MR) is 100.0 cm³/mol. The van der Waals surface area contributed by atoms with Crippen molar-refractivity contribution in [1.29, 1.82) is 0 Å². The molecule has 128 valence electrons. The van der Waals surface area contributed by atoms with Gasteiger partial charge in [-0.2, -0.15) is 0 Å². The van der Waals surface area contributed by atoms with Crippen LogP contribution in [0.3, 0.4) is 0 Å². The first-order chi connectivity index (χ1) is 11.4. The highest BCUT2D eigenvalue weighted by Gasteiger charge is 2.11. The summed E-state index contributed by atoms with van der Waals surface area (Å²) in [4.78, 5) is 16.4. The third kappa shape index (κ3) is 4.57. The molecular weight excluding hydrogens is 298 g/mol. The second-order valence-electron chi connectivity index (χ2n) is 6.89. The van der Waals surface area contributed by atoms with Gasteiger partial charge in [-0.15, -0.1) is 0 Å². The fourth-order valence-electron chi connectivity index (χ4n) is 2.52. The van der Waals surface area contributed by atoms with Gasteiger partial charge in [-0.05, 0) is 36.0 Å². The third-order valence-electron chi connectivity index (χ3n) is 3.87. The second kappa shape index (κ2) is 7.95. The Morgan fingerprint density at radius 3 is 2.58 bits per heavy atom. The zero-order valence-electron chi connectivity index (χ0n) is 15.2. The van der Waals surface area contributed by atoms with Crippen molar-refractivity contribution < 1.29 is 4.79 Å². The Hall–Kier alpha value is -2.36. The maximum Gasteiger partial charge on any atom is 0.252 e. The minimum Gasteiger partial charge on any atom is -0.354 e. The average Bonchev–Trinajstić information content (AvgIpc) is 2.54. The van der Waals surface area contributed by atoms with Crippen LogP contribution < -0.4 is 10.6 Å². The molecule has 0 aliphatic heterocycles. The molecular formula is C20H27N3O. The molecule has 0 fully saturated rings. The Morgan fingerprint density at radius 2 is 1.92 bits per heavy atom. The number of nitrogens with one attached hydrogen (secondary N) is 2. The molecule has 24 heavy (non-hydrogen) atoms. The van der Waals surface area contributed by atoms with E-state index in [4.69, 9.17) is 0 Å². The molecule has 4 heteroatoms. The quantitative estimate of drug-likeness (QED) is 0.813. The van der Waals surface area contributed by atoms with Crippen LogP contribution in [0.4, 0.5) is 11.4 Å². The van der Waals surface area contributed by atoms with Gasteiger partial charge in [0.05, 0.1) is 17.4 Å². The first-order valence-electron chi connectivity index (χ1n) is 8.48. The molecule has 1 amide bonds. The number of benzene rings is 1. The number of pyridine rings is 1. The number of hydrogen-bond donors (Lipinski definition) is 2. The van der Waals surface area contributed by atoms with Crippen molar-refractivity contribution >= 4 is 17.3 Å². The molecule has 2 N–H and O–H groups in total. The third-order valence-corrected chi connectivity index (χ3v) is 3.87. The van der Waals surface area contributed by atoms with Gasteiger partial charge < -0.3 is 10.6 Å². The number of carbonyl (C=O) groups is 1. The number of aryl methyl sites for hydroxylation is 1. The zero-order chi connectivity index (χ0) is 17.7. The maximum absolute atomic E-state index is 12.2. The summed E-state index contributed by atoms with van der Waals surface area (Å²) < 4.78 is 0. The molecule has 0 saturated heterocycles. The van der Waals surface area contributed by atoms with Crippen LogP contribution in [-0.4, -0.2) is 17.4 Å². The number of hydrogen-bond acceptors (Lipinski definition) is 3. The van der Waals surface area contributed by atoms with E-state index in [0.29, 0.717) is 23.9 Å². The van der Waals surface area contributed by atoms with Crippen molar-refractivity contribution in [3.8, 4) is 0 Å². The summed E-state index contributed by atoms with van der Waals surface area (Å²) in [6.07, 6.45) is 3.35. The predicted octanol–water partition coefficient (Wildman–Crippen LogP) is 4.64. The number of aromatic nitrogens is 1. The van der Waals surface area contributed by atoms with Crippen LogP contribution in [0.25, 0.3) is 0 Å². The highest BCUT2D eigenvalue weighted by atomic mass is 16.1. The van der Waals surface area contributed by atoms with Gasteiger partial charge in [0.15, 0.2) is 0 Å². The van der Waals surface area contributed by atoms with Gasteiger partial charge in [-0.1, -0.05) is 45.9 Å². The average molecular weight is 325 g/mol. The molecule has 1 heterocycles. The highest BCUT2D eigenvalue weighted by Crippen LogP contribution is 2.30.